The van der Waals surface area contributed by atoms with Crippen LogP contribution >= 0.6 is 0 Å². The molecule has 0 bridgehead atoms. The molecule has 1 amide bonds. The van der Waals surface area contributed by atoms with Gasteiger partial charge in [-0.15, -0.1) is 0 Å². The summed E-state index contributed by atoms with van der Waals surface area (Å²) in [6, 6.07) is 20.1. The maximum atomic E-state index is 12.8. The number of carbonyl (C=O) groups excluding carboxylic acids is 1. The highest BCUT2D eigenvalue weighted by Gasteiger charge is 2.13. The van der Waals surface area contributed by atoms with Gasteiger partial charge in [0.15, 0.2) is 0 Å². The Labute approximate surface area is 178 Å². The number of carbonyl (C=O) groups is 1. The molecule has 3 rings (SSSR count). The first-order valence-electron chi connectivity index (χ1n) is 9.21. The van der Waals surface area contributed by atoms with Crippen LogP contribution < -0.4 is 14.8 Å². The summed E-state index contributed by atoms with van der Waals surface area (Å²) in [5.41, 5.74) is 2.46. The number of amides is 1. The molecule has 0 aliphatic rings. The highest BCUT2D eigenvalue weighted by Crippen LogP contribution is 2.34. The standard InChI is InChI=1S/C24H18F2N2O3/c1-30-20-10-6-17(7-11-20)21-14-19(9-12-22(21)31-24(25)26)28-23(29)13-8-16-4-2-3-5-18(16)15-27/h2-14,24H,1H3,(H,28,29)/b13-8+. The van der Waals surface area contributed by atoms with Crippen LogP contribution in [0.2, 0.25) is 0 Å². The number of hydrogen-bond acceptors (Lipinski definition) is 4. The first kappa shape index (κ1) is 21.5. The van der Waals surface area contributed by atoms with E-state index in [4.69, 9.17) is 10.00 Å². The van der Waals surface area contributed by atoms with Gasteiger partial charge in [-0.3, -0.25) is 4.79 Å². The molecule has 0 aliphatic heterocycles. The zero-order valence-electron chi connectivity index (χ0n) is 16.5. The number of nitrogens with zero attached hydrogens (tertiary/aromatic N) is 1. The van der Waals surface area contributed by atoms with Crippen molar-refractivity contribution in [1.82, 2.24) is 0 Å². The van der Waals surface area contributed by atoms with Crippen molar-refractivity contribution in [2.45, 2.75) is 6.61 Å². The lowest BCUT2D eigenvalue weighted by Gasteiger charge is -2.13. The molecule has 31 heavy (non-hydrogen) atoms. The Morgan fingerprint density at radius 3 is 2.52 bits per heavy atom. The van der Waals surface area contributed by atoms with E-state index < -0.39 is 12.5 Å². The molecule has 1 N–H and O–H groups in total. The van der Waals surface area contributed by atoms with Crippen LogP contribution in [0.4, 0.5) is 14.5 Å². The van der Waals surface area contributed by atoms with Crippen LogP contribution in [0.15, 0.2) is 72.8 Å². The molecule has 5 nitrogen and oxygen atoms in total. The van der Waals surface area contributed by atoms with Gasteiger partial charge >= 0.3 is 6.61 Å². The van der Waals surface area contributed by atoms with Crippen LogP contribution in [-0.2, 0) is 4.79 Å². The number of benzene rings is 3. The molecular formula is C24H18F2N2O3. The molecule has 0 aliphatic carbocycles. The number of ether oxygens (including phenoxy) is 2. The normalized spacial score (nSPS) is 10.7. The molecule has 0 saturated carbocycles. The van der Waals surface area contributed by atoms with E-state index in [0.29, 0.717) is 33.7 Å². The molecule has 0 aromatic heterocycles. The van der Waals surface area contributed by atoms with Crippen molar-refractivity contribution in [2.75, 3.05) is 12.4 Å². The number of alkyl halides is 2. The Hall–Kier alpha value is -4.18. The van der Waals surface area contributed by atoms with Gasteiger partial charge < -0.3 is 14.8 Å². The maximum Gasteiger partial charge on any atom is 0.387 e. The summed E-state index contributed by atoms with van der Waals surface area (Å²) in [5.74, 6) is 0.167. The lowest BCUT2D eigenvalue weighted by Crippen LogP contribution is -2.09. The number of rotatable bonds is 7. The fourth-order valence-corrected chi connectivity index (χ4v) is 2.90. The third kappa shape index (κ3) is 5.67. The molecule has 0 heterocycles. The van der Waals surface area contributed by atoms with E-state index in [2.05, 4.69) is 16.1 Å². The van der Waals surface area contributed by atoms with Crippen molar-refractivity contribution in [1.29, 1.82) is 5.26 Å². The monoisotopic (exact) mass is 420 g/mol. The average molecular weight is 420 g/mol. The summed E-state index contributed by atoms with van der Waals surface area (Å²) in [6.45, 7) is -2.99. The third-order valence-electron chi connectivity index (χ3n) is 4.36. The Balaban J connectivity index is 1.85. The van der Waals surface area contributed by atoms with E-state index in [-0.39, 0.29) is 5.75 Å². The van der Waals surface area contributed by atoms with Gasteiger partial charge in [0.2, 0.25) is 5.91 Å². The van der Waals surface area contributed by atoms with Crippen LogP contribution in [-0.4, -0.2) is 19.6 Å². The molecule has 7 heteroatoms. The quantitative estimate of drug-likeness (QED) is 0.513. The number of nitriles is 1. The molecular weight excluding hydrogens is 402 g/mol. The fraction of sp³-hybridized carbons (Fsp3) is 0.0833. The van der Waals surface area contributed by atoms with Crippen LogP contribution in [0.25, 0.3) is 17.2 Å². The number of halogens is 2. The van der Waals surface area contributed by atoms with E-state index in [1.54, 1.807) is 54.6 Å². The van der Waals surface area contributed by atoms with Gasteiger partial charge in [0, 0.05) is 17.3 Å². The molecule has 0 spiro atoms. The second kappa shape index (κ2) is 10.0. The summed E-state index contributed by atoms with van der Waals surface area (Å²) >= 11 is 0. The van der Waals surface area contributed by atoms with Gasteiger partial charge in [-0.25, -0.2) is 0 Å². The highest BCUT2D eigenvalue weighted by atomic mass is 19.3. The first-order chi connectivity index (χ1) is 15.0. The van der Waals surface area contributed by atoms with Crippen LogP contribution in [0, 0.1) is 11.3 Å². The summed E-state index contributed by atoms with van der Waals surface area (Å²) in [7, 11) is 1.53. The summed E-state index contributed by atoms with van der Waals surface area (Å²) in [5, 5.41) is 11.8. The Morgan fingerprint density at radius 2 is 1.84 bits per heavy atom. The molecule has 0 unspecified atom stereocenters. The molecule has 0 atom stereocenters. The SMILES string of the molecule is COc1ccc(-c2cc(NC(=O)/C=C/c3ccccc3C#N)ccc2OC(F)F)cc1. The van der Waals surface area contributed by atoms with Gasteiger partial charge in [0.25, 0.3) is 0 Å². The van der Waals surface area contributed by atoms with Crippen LogP contribution in [0.5, 0.6) is 11.5 Å². The first-order valence-corrected chi connectivity index (χ1v) is 9.21. The Morgan fingerprint density at radius 1 is 1.10 bits per heavy atom. The van der Waals surface area contributed by atoms with E-state index in [0.717, 1.165) is 0 Å². The molecule has 3 aromatic carbocycles. The lowest BCUT2D eigenvalue weighted by molar-refractivity contribution is -0.111. The second-order valence-electron chi connectivity index (χ2n) is 6.34. The van der Waals surface area contributed by atoms with Gasteiger partial charge in [-0.05, 0) is 53.6 Å². The number of anilines is 1. The minimum Gasteiger partial charge on any atom is -0.497 e. The van der Waals surface area contributed by atoms with Gasteiger partial charge in [-0.1, -0.05) is 30.3 Å². The minimum atomic E-state index is -2.99. The lowest BCUT2D eigenvalue weighted by atomic mass is 10.0. The average Bonchev–Trinajstić information content (AvgIpc) is 2.78. The summed E-state index contributed by atoms with van der Waals surface area (Å²) in [6.07, 6.45) is 2.83. The van der Waals surface area contributed by atoms with Gasteiger partial charge in [0.05, 0.1) is 18.7 Å². The van der Waals surface area contributed by atoms with E-state index in [1.165, 1.54) is 31.4 Å². The van der Waals surface area contributed by atoms with Crippen molar-refractivity contribution in [3.8, 4) is 28.7 Å². The highest BCUT2D eigenvalue weighted by molar-refractivity contribution is 6.02. The summed E-state index contributed by atoms with van der Waals surface area (Å²) < 4.78 is 35.4. The van der Waals surface area contributed by atoms with Gasteiger partial charge in [0.1, 0.15) is 11.5 Å². The topological polar surface area (TPSA) is 71.3 Å². The molecule has 156 valence electrons. The predicted octanol–water partition coefficient (Wildman–Crippen LogP) is 5.49. The zero-order chi connectivity index (χ0) is 22.2. The zero-order valence-corrected chi connectivity index (χ0v) is 16.5. The second-order valence-corrected chi connectivity index (χ2v) is 6.34. The Bertz CT molecular complexity index is 1140. The number of methoxy groups -OCH3 is 1. The van der Waals surface area contributed by atoms with Crippen molar-refractivity contribution in [2.24, 2.45) is 0 Å². The maximum absolute atomic E-state index is 12.8. The van der Waals surface area contributed by atoms with E-state index in [9.17, 15) is 13.6 Å². The Kier molecular flexibility index (Phi) is 6.97. The van der Waals surface area contributed by atoms with Crippen molar-refractivity contribution in [3.05, 3.63) is 83.9 Å². The largest absolute Gasteiger partial charge is 0.497 e. The minimum absolute atomic E-state index is 0.0170. The van der Waals surface area contributed by atoms with E-state index in [1.807, 2.05) is 0 Å². The molecule has 0 saturated heterocycles. The van der Waals surface area contributed by atoms with Crippen LogP contribution in [0.3, 0.4) is 0 Å². The van der Waals surface area contributed by atoms with Crippen LogP contribution in [0.1, 0.15) is 11.1 Å². The summed E-state index contributed by atoms with van der Waals surface area (Å²) in [4.78, 5) is 12.3. The van der Waals surface area contributed by atoms with Gasteiger partial charge in [-0.2, -0.15) is 14.0 Å². The number of hydrogen-bond donors (Lipinski definition) is 1. The smallest absolute Gasteiger partial charge is 0.387 e. The predicted molar refractivity (Wildman–Crippen MR) is 114 cm³/mol. The fourth-order valence-electron chi connectivity index (χ4n) is 2.90. The third-order valence-corrected chi connectivity index (χ3v) is 4.36. The van der Waals surface area contributed by atoms with Crippen molar-refractivity contribution >= 4 is 17.7 Å². The molecule has 0 radical (unpaired) electrons. The number of nitrogens with one attached hydrogen (secondary N) is 1. The van der Waals surface area contributed by atoms with Crippen molar-refractivity contribution in [3.63, 3.8) is 0 Å². The molecule has 0 fully saturated rings. The molecule has 3 aromatic rings. The van der Waals surface area contributed by atoms with E-state index >= 15 is 0 Å². The van der Waals surface area contributed by atoms with Crippen molar-refractivity contribution < 1.29 is 23.0 Å².